The first-order chi connectivity index (χ1) is 9.94. The van der Waals surface area contributed by atoms with Crippen LogP contribution in [0, 0.1) is 12.7 Å². The summed E-state index contributed by atoms with van der Waals surface area (Å²) in [6.07, 6.45) is 0. The molecule has 0 aliphatic rings. The largest absolute Gasteiger partial charge is 0.489 e. The van der Waals surface area contributed by atoms with Gasteiger partial charge in [-0.15, -0.1) is 11.3 Å². The van der Waals surface area contributed by atoms with Crippen LogP contribution in [0.3, 0.4) is 0 Å². The van der Waals surface area contributed by atoms with E-state index < -0.39 is 0 Å². The molecule has 5 heteroatoms. The molecule has 0 fully saturated rings. The minimum Gasteiger partial charge on any atom is -0.489 e. The van der Waals surface area contributed by atoms with E-state index in [1.54, 1.807) is 17.4 Å². The third-order valence-electron chi connectivity index (χ3n) is 2.99. The Morgan fingerprint density at radius 1 is 1.29 bits per heavy atom. The van der Waals surface area contributed by atoms with Gasteiger partial charge in [-0.3, -0.25) is 0 Å². The lowest BCUT2D eigenvalue weighted by atomic mass is 10.2. The van der Waals surface area contributed by atoms with Crippen LogP contribution >= 0.6 is 27.3 Å². The van der Waals surface area contributed by atoms with E-state index in [1.807, 2.05) is 0 Å². The van der Waals surface area contributed by atoms with Crippen molar-refractivity contribution in [2.75, 3.05) is 0 Å². The number of halogens is 2. The van der Waals surface area contributed by atoms with E-state index in [1.165, 1.54) is 21.9 Å². The van der Waals surface area contributed by atoms with Crippen LogP contribution in [0.2, 0.25) is 0 Å². The van der Waals surface area contributed by atoms with Crippen molar-refractivity contribution >= 4 is 27.3 Å². The smallest absolute Gasteiger partial charge is 0.128 e. The topological polar surface area (TPSA) is 21.3 Å². The summed E-state index contributed by atoms with van der Waals surface area (Å²) in [6.45, 7) is 7.68. The number of hydrogen-bond acceptors (Lipinski definition) is 3. The van der Waals surface area contributed by atoms with Crippen molar-refractivity contribution < 1.29 is 9.13 Å². The molecule has 0 saturated carbocycles. The van der Waals surface area contributed by atoms with Gasteiger partial charge in [0, 0.05) is 38.4 Å². The van der Waals surface area contributed by atoms with Gasteiger partial charge in [0.1, 0.15) is 18.2 Å². The van der Waals surface area contributed by atoms with E-state index in [-0.39, 0.29) is 5.82 Å². The predicted molar refractivity (Wildman–Crippen MR) is 89.5 cm³/mol. The summed E-state index contributed by atoms with van der Waals surface area (Å²) in [5, 5.41) is 3.40. The number of aryl methyl sites for hydroxylation is 1. The molecule has 21 heavy (non-hydrogen) atoms. The Balaban J connectivity index is 1.99. The summed E-state index contributed by atoms with van der Waals surface area (Å²) >= 11 is 5.04. The van der Waals surface area contributed by atoms with E-state index in [0.29, 0.717) is 22.9 Å². The molecule has 0 aliphatic heterocycles. The summed E-state index contributed by atoms with van der Waals surface area (Å²) in [4.78, 5) is 2.53. The van der Waals surface area contributed by atoms with E-state index >= 15 is 0 Å². The molecule has 0 saturated heterocycles. The molecule has 0 spiro atoms. The summed E-state index contributed by atoms with van der Waals surface area (Å²) in [5.74, 6) is 0.234. The highest BCUT2D eigenvalue weighted by molar-refractivity contribution is 9.10. The average molecular weight is 372 g/mol. The van der Waals surface area contributed by atoms with Crippen LogP contribution < -0.4 is 10.1 Å². The van der Waals surface area contributed by atoms with E-state index in [9.17, 15) is 4.39 Å². The number of nitrogens with one attached hydrogen (secondary N) is 1. The lowest BCUT2D eigenvalue weighted by Gasteiger charge is -2.07. The molecule has 1 aromatic heterocycles. The van der Waals surface area contributed by atoms with Crippen LogP contribution in [-0.4, -0.2) is 6.04 Å². The molecule has 2 nitrogen and oxygen atoms in total. The van der Waals surface area contributed by atoms with Crippen molar-refractivity contribution in [3.05, 3.63) is 49.9 Å². The van der Waals surface area contributed by atoms with Crippen LogP contribution in [0.5, 0.6) is 5.75 Å². The Labute approximate surface area is 137 Å². The highest BCUT2D eigenvalue weighted by atomic mass is 79.9. The van der Waals surface area contributed by atoms with Gasteiger partial charge < -0.3 is 10.1 Å². The van der Waals surface area contributed by atoms with Crippen molar-refractivity contribution in [3.8, 4) is 5.75 Å². The van der Waals surface area contributed by atoms with Gasteiger partial charge in [-0.2, -0.15) is 0 Å². The fourth-order valence-electron chi connectivity index (χ4n) is 1.90. The van der Waals surface area contributed by atoms with Gasteiger partial charge in [-0.05, 0) is 25.1 Å². The maximum absolute atomic E-state index is 13.3. The molecule has 0 radical (unpaired) electrons. The summed E-state index contributed by atoms with van der Waals surface area (Å²) in [6, 6.07) is 7.21. The van der Waals surface area contributed by atoms with Crippen molar-refractivity contribution in [3.63, 3.8) is 0 Å². The number of benzene rings is 1. The molecule has 2 aromatic rings. The molecule has 1 N–H and O–H groups in total. The fraction of sp³-hybridized carbons (Fsp3) is 0.375. The highest BCUT2D eigenvalue weighted by Crippen LogP contribution is 2.25. The Bertz CT molecular complexity index is 592. The van der Waals surface area contributed by atoms with Crippen molar-refractivity contribution in [1.29, 1.82) is 0 Å². The Hall–Kier alpha value is -0.910. The number of hydrogen-bond donors (Lipinski definition) is 1. The zero-order valence-corrected chi connectivity index (χ0v) is 14.8. The monoisotopic (exact) mass is 371 g/mol. The van der Waals surface area contributed by atoms with Crippen LogP contribution in [0.15, 0.2) is 28.7 Å². The zero-order chi connectivity index (χ0) is 15.4. The van der Waals surface area contributed by atoms with Gasteiger partial charge in [0.25, 0.3) is 0 Å². The number of rotatable bonds is 6. The van der Waals surface area contributed by atoms with Gasteiger partial charge in [0.2, 0.25) is 0 Å². The Morgan fingerprint density at radius 2 is 2.05 bits per heavy atom. The van der Waals surface area contributed by atoms with E-state index in [2.05, 4.69) is 48.1 Å². The molecule has 0 amide bonds. The first-order valence-electron chi connectivity index (χ1n) is 6.84. The summed E-state index contributed by atoms with van der Waals surface area (Å²) in [5.41, 5.74) is 1.15. The lowest BCUT2D eigenvalue weighted by molar-refractivity contribution is 0.304. The van der Waals surface area contributed by atoms with Gasteiger partial charge in [-0.25, -0.2) is 4.39 Å². The Morgan fingerprint density at radius 3 is 2.71 bits per heavy atom. The molecule has 0 unspecified atom stereocenters. The molecule has 2 rings (SSSR count). The second-order valence-corrected chi connectivity index (χ2v) is 7.48. The highest BCUT2D eigenvalue weighted by Gasteiger charge is 2.08. The van der Waals surface area contributed by atoms with Crippen molar-refractivity contribution in [2.24, 2.45) is 0 Å². The minimum absolute atomic E-state index is 0.303. The standard InChI is InChI=1S/C16H19BrFNOS/c1-10(2)19-8-16-4-12(11(3)21-16)9-20-15-6-13(17)5-14(18)7-15/h4-7,10,19H,8-9H2,1-3H3. The molecule has 0 atom stereocenters. The number of ether oxygens (including phenoxy) is 1. The van der Waals surface area contributed by atoms with Crippen LogP contribution in [-0.2, 0) is 13.2 Å². The molecule has 1 aromatic carbocycles. The van der Waals surface area contributed by atoms with Crippen LogP contribution in [0.1, 0.15) is 29.2 Å². The van der Waals surface area contributed by atoms with E-state index in [0.717, 1.165) is 12.1 Å². The zero-order valence-electron chi connectivity index (χ0n) is 12.4. The molecule has 0 aliphatic carbocycles. The third kappa shape index (κ3) is 5.09. The molecule has 0 bridgehead atoms. The average Bonchev–Trinajstić information content (AvgIpc) is 2.73. The normalized spacial score (nSPS) is 11.1. The second-order valence-electron chi connectivity index (χ2n) is 5.22. The quantitative estimate of drug-likeness (QED) is 0.768. The molecular formula is C16H19BrFNOS. The molecule has 114 valence electrons. The van der Waals surface area contributed by atoms with E-state index in [4.69, 9.17) is 4.74 Å². The molecule has 1 heterocycles. The van der Waals surface area contributed by atoms with Crippen LogP contribution in [0.25, 0.3) is 0 Å². The predicted octanol–water partition coefficient (Wildman–Crippen LogP) is 5.04. The lowest BCUT2D eigenvalue weighted by Crippen LogP contribution is -2.21. The van der Waals surface area contributed by atoms with Crippen LogP contribution in [0.4, 0.5) is 4.39 Å². The first kappa shape index (κ1) is 16.5. The SMILES string of the molecule is Cc1sc(CNC(C)C)cc1COc1cc(F)cc(Br)c1. The second kappa shape index (κ2) is 7.38. The Kier molecular flexibility index (Phi) is 5.79. The van der Waals surface area contributed by atoms with Gasteiger partial charge in [0.05, 0.1) is 0 Å². The first-order valence-corrected chi connectivity index (χ1v) is 8.45. The number of thiophene rings is 1. The summed E-state index contributed by atoms with van der Waals surface area (Å²) in [7, 11) is 0. The minimum atomic E-state index is -0.303. The molecular weight excluding hydrogens is 353 g/mol. The van der Waals surface area contributed by atoms with Gasteiger partial charge in [0.15, 0.2) is 0 Å². The maximum Gasteiger partial charge on any atom is 0.128 e. The van der Waals surface area contributed by atoms with Gasteiger partial charge in [-0.1, -0.05) is 29.8 Å². The third-order valence-corrected chi connectivity index (χ3v) is 4.54. The maximum atomic E-state index is 13.3. The summed E-state index contributed by atoms with van der Waals surface area (Å²) < 4.78 is 19.7. The van der Waals surface area contributed by atoms with Crippen molar-refractivity contribution in [1.82, 2.24) is 5.32 Å². The van der Waals surface area contributed by atoms with Crippen molar-refractivity contribution in [2.45, 2.75) is 40.0 Å². The van der Waals surface area contributed by atoms with Gasteiger partial charge >= 0.3 is 0 Å². The fourth-order valence-corrected chi connectivity index (χ4v) is 3.34.